The Bertz CT molecular complexity index is 497. The van der Waals surface area contributed by atoms with Gasteiger partial charge in [-0.05, 0) is 23.6 Å². The molecule has 0 heterocycles. The van der Waals surface area contributed by atoms with Gasteiger partial charge in [0.2, 0.25) is 5.91 Å². The third-order valence-corrected chi connectivity index (χ3v) is 3.38. The van der Waals surface area contributed by atoms with Crippen LogP contribution in [0.15, 0.2) is 24.3 Å². The zero-order valence-electron chi connectivity index (χ0n) is 12.5. The fourth-order valence-corrected chi connectivity index (χ4v) is 1.80. The predicted octanol–water partition coefficient (Wildman–Crippen LogP) is 1.65. The second-order valence-electron chi connectivity index (χ2n) is 5.03. The lowest BCUT2D eigenvalue weighted by Gasteiger charge is -2.17. The van der Waals surface area contributed by atoms with E-state index >= 15 is 0 Å². The molecular weight excluding hydrogens is 268 g/mol. The minimum absolute atomic E-state index is 0.0171. The van der Waals surface area contributed by atoms with Crippen molar-refractivity contribution in [2.75, 3.05) is 13.2 Å². The first-order chi connectivity index (χ1) is 10.1. The second kappa shape index (κ2) is 8.98. The van der Waals surface area contributed by atoms with Crippen LogP contribution in [0.5, 0.6) is 5.75 Å². The molecule has 0 saturated heterocycles. The maximum absolute atomic E-state index is 11.8. The molecule has 1 aromatic rings. The van der Waals surface area contributed by atoms with E-state index in [1.165, 1.54) is 0 Å². The molecule has 2 atom stereocenters. The molecule has 0 aliphatic heterocycles. The lowest BCUT2D eigenvalue weighted by molar-refractivity contribution is -0.121. The number of aliphatic hydroxyl groups is 1. The van der Waals surface area contributed by atoms with Crippen LogP contribution >= 0.6 is 0 Å². The summed E-state index contributed by atoms with van der Waals surface area (Å²) in [5, 5.41) is 21.0. The molecule has 0 saturated carbocycles. The SMILES string of the molecule is CCC(C)C(O)CNC(=O)Cc1cccc(OCC#N)c1. The number of benzene rings is 1. The van der Waals surface area contributed by atoms with Crippen LogP contribution in [0, 0.1) is 17.2 Å². The number of carbonyl (C=O) groups is 1. The summed E-state index contributed by atoms with van der Waals surface area (Å²) in [5.41, 5.74) is 0.806. The zero-order valence-corrected chi connectivity index (χ0v) is 12.5. The van der Waals surface area contributed by atoms with Crippen molar-refractivity contribution in [3.05, 3.63) is 29.8 Å². The van der Waals surface area contributed by atoms with Gasteiger partial charge >= 0.3 is 0 Å². The molecule has 1 amide bonds. The topological polar surface area (TPSA) is 82.3 Å². The fraction of sp³-hybridized carbons (Fsp3) is 0.500. The number of aliphatic hydroxyl groups excluding tert-OH is 1. The van der Waals surface area contributed by atoms with Crippen LogP contribution in [0.2, 0.25) is 0 Å². The van der Waals surface area contributed by atoms with Gasteiger partial charge in [0.15, 0.2) is 6.61 Å². The van der Waals surface area contributed by atoms with Crippen LogP contribution < -0.4 is 10.1 Å². The Kier molecular flexibility index (Phi) is 7.27. The molecule has 0 spiro atoms. The summed E-state index contributed by atoms with van der Waals surface area (Å²) in [6.45, 7) is 4.20. The Morgan fingerprint density at radius 3 is 2.95 bits per heavy atom. The molecule has 1 rings (SSSR count). The largest absolute Gasteiger partial charge is 0.479 e. The van der Waals surface area contributed by atoms with Gasteiger partial charge in [-0.15, -0.1) is 0 Å². The maximum atomic E-state index is 11.8. The summed E-state index contributed by atoms with van der Waals surface area (Å²) < 4.78 is 5.19. The molecule has 2 unspecified atom stereocenters. The van der Waals surface area contributed by atoms with E-state index in [4.69, 9.17) is 10.00 Å². The monoisotopic (exact) mass is 290 g/mol. The minimum atomic E-state index is -0.524. The molecule has 0 aliphatic carbocycles. The Balaban J connectivity index is 2.46. The highest BCUT2D eigenvalue weighted by Crippen LogP contribution is 2.13. The van der Waals surface area contributed by atoms with Gasteiger partial charge in [-0.25, -0.2) is 0 Å². The number of hydrogen-bond donors (Lipinski definition) is 2. The fourth-order valence-electron chi connectivity index (χ4n) is 1.80. The standard InChI is InChI=1S/C16H22N2O3/c1-3-12(2)15(19)11-18-16(20)10-13-5-4-6-14(9-13)21-8-7-17/h4-6,9,12,15,19H,3,8,10-11H2,1-2H3,(H,18,20). The average Bonchev–Trinajstić information content (AvgIpc) is 2.50. The highest BCUT2D eigenvalue weighted by molar-refractivity contribution is 5.78. The molecule has 0 radical (unpaired) electrons. The Hall–Kier alpha value is -2.06. The minimum Gasteiger partial charge on any atom is -0.479 e. The first-order valence-electron chi connectivity index (χ1n) is 7.10. The highest BCUT2D eigenvalue weighted by atomic mass is 16.5. The number of nitrogens with zero attached hydrogens (tertiary/aromatic N) is 1. The lowest BCUT2D eigenvalue weighted by Crippen LogP contribution is -2.36. The van der Waals surface area contributed by atoms with Gasteiger partial charge in [-0.2, -0.15) is 5.26 Å². The molecule has 1 aromatic carbocycles. The first kappa shape index (κ1) is 17.0. The predicted molar refractivity (Wildman–Crippen MR) is 79.7 cm³/mol. The van der Waals surface area contributed by atoms with Crippen LogP contribution in [0.1, 0.15) is 25.8 Å². The van der Waals surface area contributed by atoms with Gasteiger partial charge in [0.05, 0.1) is 12.5 Å². The summed E-state index contributed by atoms with van der Waals surface area (Å²) in [7, 11) is 0. The van der Waals surface area contributed by atoms with E-state index in [9.17, 15) is 9.90 Å². The number of hydrogen-bond acceptors (Lipinski definition) is 4. The van der Waals surface area contributed by atoms with Crippen molar-refractivity contribution in [1.82, 2.24) is 5.32 Å². The molecule has 114 valence electrons. The smallest absolute Gasteiger partial charge is 0.224 e. The van der Waals surface area contributed by atoms with Gasteiger partial charge in [0, 0.05) is 6.54 Å². The summed E-state index contributed by atoms with van der Waals surface area (Å²) in [5.74, 6) is 0.587. The molecule has 5 nitrogen and oxygen atoms in total. The molecule has 0 fully saturated rings. The van der Waals surface area contributed by atoms with Crippen molar-refractivity contribution in [3.8, 4) is 11.8 Å². The number of amides is 1. The summed E-state index contributed by atoms with van der Waals surface area (Å²) in [6.07, 6.45) is 0.566. The molecule has 5 heteroatoms. The third-order valence-electron chi connectivity index (χ3n) is 3.38. The quantitative estimate of drug-likeness (QED) is 0.762. The van der Waals surface area contributed by atoms with Crippen LogP contribution in [0.25, 0.3) is 0 Å². The van der Waals surface area contributed by atoms with Gasteiger partial charge in [0.25, 0.3) is 0 Å². The summed E-state index contributed by atoms with van der Waals surface area (Å²) in [6, 6.07) is 8.98. The number of rotatable bonds is 8. The van der Waals surface area contributed by atoms with Crippen LogP contribution in [0.4, 0.5) is 0 Å². The molecule has 0 aliphatic rings. The number of nitrogens with one attached hydrogen (secondary N) is 1. The second-order valence-corrected chi connectivity index (χ2v) is 5.03. The molecule has 0 aromatic heterocycles. The van der Waals surface area contributed by atoms with E-state index in [2.05, 4.69) is 5.32 Å². The average molecular weight is 290 g/mol. The first-order valence-corrected chi connectivity index (χ1v) is 7.10. The van der Waals surface area contributed by atoms with Crippen molar-refractivity contribution in [3.63, 3.8) is 0 Å². The van der Waals surface area contributed by atoms with Crippen molar-refractivity contribution < 1.29 is 14.6 Å². The zero-order chi connectivity index (χ0) is 15.7. The Morgan fingerprint density at radius 1 is 1.52 bits per heavy atom. The van der Waals surface area contributed by atoms with Gasteiger partial charge < -0.3 is 15.2 Å². The normalized spacial score (nSPS) is 13.0. The van der Waals surface area contributed by atoms with Crippen molar-refractivity contribution in [2.24, 2.45) is 5.92 Å². The van der Waals surface area contributed by atoms with Crippen LogP contribution in [-0.2, 0) is 11.2 Å². The number of carbonyl (C=O) groups excluding carboxylic acids is 1. The van der Waals surface area contributed by atoms with E-state index in [0.717, 1.165) is 12.0 Å². The van der Waals surface area contributed by atoms with Crippen LogP contribution in [0.3, 0.4) is 0 Å². The molecule has 21 heavy (non-hydrogen) atoms. The van der Waals surface area contributed by atoms with E-state index in [0.29, 0.717) is 5.75 Å². The number of ether oxygens (including phenoxy) is 1. The Labute approximate surface area is 125 Å². The molecule has 0 bridgehead atoms. The van der Waals surface area contributed by atoms with Gasteiger partial charge in [-0.3, -0.25) is 4.79 Å². The number of nitriles is 1. The van der Waals surface area contributed by atoms with Gasteiger partial charge in [-0.1, -0.05) is 32.4 Å². The van der Waals surface area contributed by atoms with Crippen molar-refractivity contribution in [1.29, 1.82) is 5.26 Å². The van der Waals surface area contributed by atoms with Crippen molar-refractivity contribution >= 4 is 5.91 Å². The summed E-state index contributed by atoms with van der Waals surface area (Å²) >= 11 is 0. The van der Waals surface area contributed by atoms with E-state index in [1.54, 1.807) is 18.2 Å². The van der Waals surface area contributed by atoms with E-state index < -0.39 is 6.10 Å². The van der Waals surface area contributed by atoms with Crippen LogP contribution in [-0.4, -0.2) is 30.3 Å². The molecule has 2 N–H and O–H groups in total. The summed E-state index contributed by atoms with van der Waals surface area (Å²) in [4.78, 5) is 11.8. The lowest BCUT2D eigenvalue weighted by atomic mass is 10.0. The Morgan fingerprint density at radius 2 is 2.29 bits per heavy atom. The third kappa shape index (κ3) is 6.28. The van der Waals surface area contributed by atoms with E-state index in [-0.39, 0.29) is 31.4 Å². The molecular formula is C16H22N2O3. The van der Waals surface area contributed by atoms with Crippen molar-refractivity contribution in [2.45, 2.75) is 32.8 Å². The maximum Gasteiger partial charge on any atom is 0.224 e. The van der Waals surface area contributed by atoms with E-state index in [1.807, 2.05) is 26.0 Å². The van der Waals surface area contributed by atoms with Gasteiger partial charge in [0.1, 0.15) is 11.8 Å². The highest BCUT2D eigenvalue weighted by Gasteiger charge is 2.13.